The highest BCUT2D eigenvalue weighted by atomic mass is 35.5. The van der Waals surface area contributed by atoms with Crippen molar-refractivity contribution in [3.63, 3.8) is 0 Å². The Morgan fingerprint density at radius 3 is 2.44 bits per heavy atom. The van der Waals surface area contributed by atoms with Crippen molar-refractivity contribution in [1.82, 2.24) is 4.90 Å². The molecule has 168 valence electrons. The fourth-order valence-corrected chi connectivity index (χ4v) is 4.60. The summed E-state index contributed by atoms with van der Waals surface area (Å²) in [6.07, 6.45) is 3.33. The molecule has 4 rings (SSSR count). The Hall–Kier alpha value is -2.71. The molecule has 1 spiro atoms. The number of hydrogen-bond donors (Lipinski definition) is 1. The molecule has 2 aliphatic rings. The van der Waals surface area contributed by atoms with Gasteiger partial charge in [0.15, 0.2) is 5.66 Å². The fourth-order valence-electron chi connectivity index (χ4n) is 3.86. The van der Waals surface area contributed by atoms with Gasteiger partial charge in [0.05, 0.1) is 25.6 Å². The van der Waals surface area contributed by atoms with Gasteiger partial charge < -0.3 is 19.7 Å². The zero-order valence-corrected chi connectivity index (χ0v) is 19.8. The van der Waals surface area contributed by atoms with Crippen molar-refractivity contribution in [2.75, 3.05) is 38.9 Å². The number of carbonyl (C=O) groups is 1. The van der Waals surface area contributed by atoms with Crippen molar-refractivity contribution in [2.24, 2.45) is 9.98 Å². The Bertz CT molecular complexity index is 1060. The zero-order chi connectivity index (χ0) is 22.7. The highest BCUT2D eigenvalue weighted by Gasteiger charge is 2.40. The summed E-state index contributed by atoms with van der Waals surface area (Å²) in [5.74, 6) is 1.22. The molecule has 1 fully saturated rings. The summed E-state index contributed by atoms with van der Waals surface area (Å²) < 4.78 is 10.6. The smallest absolute Gasteiger partial charge is 0.321 e. The van der Waals surface area contributed by atoms with Crippen LogP contribution in [0.3, 0.4) is 0 Å². The molecule has 0 atom stereocenters. The fraction of sp³-hybridized carbons (Fsp3) is 0.348. The molecule has 2 aromatic rings. The molecule has 0 saturated carbocycles. The quantitative estimate of drug-likeness (QED) is 0.683. The highest BCUT2D eigenvalue weighted by Crippen LogP contribution is 2.36. The standard InChI is InChI=1S/C23H25ClN4O3S/c1-30-17-8-9-19(31-2)18(14-17)25-22(29)28-12-10-23(11-13-28)26-20(21(27-23)32-3)15-4-6-16(24)7-5-15/h4-9,14H,10-13H2,1-3H3,(H,25,29). The summed E-state index contributed by atoms with van der Waals surface area (Å²) in [4.78, 5) is 24.7. The number of amides is 2. The number of methoxy groups -OCH3 is 2. The van der Waals surface area contributed by atoms with Crippen LogP contribution < -0.4 is 14.8 Å². The number of nitrogens with zero attached hydrogens (tertiary/aromatic N) is 3. The predicted octanol–water partition coefficient (Wildman–Crippen LogP) is 4.95. The first-order chi connectivity index (χ1) is 15.5. The third kappa shape index (κ3) is 4.56. The molecule has 1 saturated heterocycles. The summed E-state index contributed by atoms with van der Waals surface area (Å²) in [6, 6.07) is 12.8. The molecule has 0 radical (unpaired) electrons. The number of likely N-dealkylation sites (tertiary alicyclic amines) is 1. The minimum atomic E-state index is -0.516. The molecule has 9 heteroatoms. The zero-order valence-electron chi connectivity index (χ0n) is 18.2. The topological polar surface area (TPSA) is 75.5 Å². The van der Waals surface area contributed by atoms with Crippen molar-refractivity contribution in [1.29, 1.82) is 0 Å². The lowest BCUT2D eigenvalue weighted by Gasteiger charge is -2.35. The van der Waals surface area contributed by atoms with Crippen LogP contribution in [0, 0.1) is 0 Å². The molecule has 0 unspecified atom stereocenters. The number of ether oxygens (including phenoxy) is 2. The minimum Gasteiger partial charge on any atom is -0.497 e. The summed E-state index contributed by atoms with van der Waals surface area (Å²) in [7, 11) is 3.15. The average molecular weight is 473 g/mol. The van der Waals surface area contributed by atoms with Gasteiger partial charge in [-0.25, -0.2) is 9.79 Å². The third-order valence-corrected chi connectivity index (χ3v) is 6.57. The predicted molar refractivity (Wildman–Crippen MR) is 131 cm³/mol. The van der Waals surface area contributed by atoms with Crippen LogP contribution in [-0.2, 0) is 0 Å². The van der Waals surface area contributed by atoms with E-state index in [9.17, 15) is 4.79 Å². The van der Waals surface area contributed by atoms with Crippen LogP contribution in [0.1, 0.15) is 18.4 Å². The minimum absolute atomic E-state index is 0.180. The van der Waals surface area contributed by atoms with Gasteiger partial charge in [0.1, 0.15) is 16.5 Å². The van der Waals surface area contributed by atoms with Crippen LogP contribution >= 0.6 is 23.4 Å². The number of nitrogens with one attached hydrogen (secondary N) is 1. The van der Waals surface area contributed by atoms with Gasteiger partial charge in [0.2, 0.25) is 0 Å². The Labute approximate surface area is 196 Å². The van der Waals surface area contributed by atoms with E-state index in [1.807, 2.05) is 30.5 Å². The van der Waals surface area contributed by atoms with Gasteiger partial charge in [-0.1, -0.05) is 23.7 Å². The number of hydrogen-bond acceptors (Lipinski definition) is 6. The molecule has 2 heterocycles. The van der Waals surface area contributed by atoms with E-state index in [1.165, 1.54) is 0 Å². The van der Waals surface area contributed by atoms with Gasteiger partial charge in [-0.2, -0.15) is 0 Å². The number of piperidine rings is 1. The maximum absolute atomic E-state index is 12.9. The van der Waals surface area contributed by atoms with Crippen molar-refractivity contribution in [3.8, 4) is 11.5 Å². The molecule has 2 aliphatic heterocycles. The SMILES string of the molecule is COc1ccc(OC)c(NC(=O)N2CCC3(CC2)N=C(SC)C(c2ccc(Cl)cc2)=N3)c1. The van der Waals surface area contributed by atoms with E-state index in [0.717, 1.165) is 16.3 Å². The van der Waals surface area contributed by atoms with E-state index in [2.05, 4.69) is 5.32 Å². The number of thioether (sulfide) groups is 1. The van der Waals surface area contributed by atoms with E-state index in [0.29, 0.717) is 48.1 Å². The molecule has 2 aromatic carbocycles. The molecule has 32 heavy (non-hydrogen) atoms. The number of anilines is 1. The van der Waals surface area contributed by atoms with E-state index in [4.69, 9.17) is 31.1 Å². The molecule has 2 amide bonds. The van der Waals surface area contributed by atoms with Crippen LogP contribution in [-0.4, -0.2) is 60.9 Å². The second kappa shape index (κ2) is 9.42. The van der Waals surface area contributed by atoms with E-state index in [-0.39, 0.29) is 6.03 Å². The molecule has 1 N–H and O–H groups in total. The third-order valence-electron chi connectivity index (χ3n) is 5.64. The maximum Gasteiger partial charge on any atom is 0.321 e. The molecule has 0 bridgehead atoms. The van der Waals surface area contributed by atoms with Crippen molar-refractivity contribution in [2.45, 2.75) is 18.5 Å². The molecule has 0 aromatic heterocycles. The van der Waals surface area contributed by atoms with Crippen LogP contribution in [0.2, 0.25) is 5.02 Å². The Kier molecular flexibility index (Phi) is 6.62. The van der Waals surface area contributed by atoms with Crippen molar-refractivity contribution in [3.05, 3.63) is 53.1 Å². The van der Waals surface area contributed by atoms with Gasteiger partial charge in [0, 0.05) is 42.6 Å². The van der Waals surface area contributed by atoms with Crippen molar-refractivity contribution < 1.29 is 14.3 Å². The number of carbonyl (C=O) groups excluding carboxylic acids is 1. The van der Waals surface area contributed by atoms with Crippen LogP contribution in [0.5, 0.6) is 11.5 Å². The van der Waals surface area contributed by atoms with Crippen molar-refractivity contribution >= 4 is 45.8 Å². The van der Waals surface area contributed by atoms with Gasteiger partial charge in [0.25, 0.3) is 0 Å². The lowest BCUT2D eigenvalue weighted by atomic mass is 9.98. The normalized spacial score (nSPS) is 17.1. The first kappa shape index (κ1) is 22.5. The molecular weight excluding hydrogens is 448 g/mol. The Balaban J connectivity index is 1.46. The van der Waals surface area contributed by atoms with E-state index >= 15 is 0 Å². The molecule has 7 nitrogen and oxygen atoms in total. The monoisotopic (exact) mass is 472 g/mol. The Morgan fingerprint density at radius 1 is 1.09 bits per heavy atom. The van der Waals surface area contributed by atoms with Gasteiger partial charge in [-0.3, -0.25) is 4.99 Å². The summed E-state index contributed by atoms with van der Waals surface area (Å²) in [6.45, 7) is 1.11. The van der Waals surface area contributed by atoms with Gasteiger partial charge >= 0.3 is 6.03 Å². The summed E-state index contributed by atoms with van der Waals surface area (Å²) >= 11 is 7.63. The Morgan fingerprint density at radius 2 is 1.81 bits per heavy atom. The number of rotatable bonds is 4. The van der Waals surface area contributed by atoms with Crippen LogP contribution in [0.25, 0.3) is 0 Å². The lowest BCUT2D eigenvalue weighted by Crippen LogP contribution is -2.46. The second-order valence-corrected chi connectivity index (χ2v) is 8.79. The number of aliphatic imine (C=N–C) groups is 2. The molecular formula is C23H25ClN4O3S. The summed E-state index contributed by atoms with van der Waals surface area (Å²) in [5, 5.41) is 4.55. The summed E-state index contributed by atoms with van der Waals surface area (Å²) in [5.41, 5.74) is 1.96. The number of halogens is 1. The second-order valence-electron chi connectivity index (χ2n) is 7.55. The molecule has 0 aliphatic carbocycles. The first-order valence-electron chi connectivity index (χ1n) is 10.2. The van der Waals surface area contributed by atoms with E-state index < -0.39 is 5.66 Å². The van der Waals surface area contributed by atoms with Crippen LogP contribution in [0.15, 0.2) is 52.4 Å². The lowest BCUT2D eigenvalue weighted by molar-refractivity contribution is 0.175. The number of urea groups is 1. The average Bonchev–Trinajstić information content (AvgIpc) is 3.18. The first-order valence-corrected chi connectivity index (χ1v) is 11.8. The van der Waals surface area contributed by atoms with E-state index in [1.54, 1.807) is 49.1 Å². The highest BCUT2D eigenvalue weighted by molar-refractivity contribution is 8.15. The maximum atomic E-state index is 12.9. The largest absolute Gasteiger partial charge is 0.497 e. The van der Waals surface area contributed by atoms with Gasteiger partial charge in [-0.05, 0) is 30.5 Å². The number of benzene rings is 2. The van der Waals surface area contributed by atoms with Crippen LogP contribution in [0.4, 0.5) is 10.5 Å². The van der Waals surface area contributed by atoms with Gasteiger partial charge in [-0.15, -0.1) is 11.8 Å².